The number of nitrogens with zero attached hydrogens (tertiary/aromatic N) is 1. The Labute approximate surface area is 110 Å². The minimum Gasteiger partial charge on any atom is -0.444 e. The van der Waals surface area contributed by atoms with Crippen molar-refractivity contribution in [3.8, 4) is 0 Å². The molecule has 0 aromatic heterocycles. The minimum atomic E-state index is -0.119. The molecule has 3 heterocycles. The fourth-order valence-corrected chi connectivity index (χ4v) is 5.57. The maximum atomic E-state index is 11.7. The average Bonchev–Trinajstić information content (AvgIpc) is 2.66. The summed E-state index contributed by atoms with van der Waals surface area (Å²) in [6.07, 6.45) is 3.42. The monoisotopic (exact) mass is 271 g/mol. The molecule has 3 nitrogen and oxygen atoms in total. The van der Waals surface area contributed by atoms with E-state index in [4.69, 9.17) is 4.74 Å². The topological polar surface area (TPSA) is 29.5 Å². The van der Waals surface area contributed by atoms with Crippen molar-refractivity contribution in [3.63, 3.8) is 0 Å². The van der Waals surface area contributed by atoms with Crippen LogP contribution in [0.3, 0.4) is 0 Å². The van der Waals surface area contributed by atoms with Gasteiger partial charge in [-0.25, -0.2) is 4.79 Å². The molecule has 0 bridgehead atoms. The van der Waals surface area contributed by atoms with Gasteiger partial charge in [-0.1, -0.05) is 0 Å². The standard InChI is InChI=1S/C12H17NO2S2/c1-8-10-9(11-16-6-3-7-17-11)4-2-5-13(10)12(14)15-8/h8,10H,2-7H2,1H3/t8-,10+/m0/s1. The van der Waals surface area contributed by atoms with E-state index in [2.05, 4.69) is 0 Å². The van der Waals surface area contributed by atoms with Gasteiger partial charge in [-0.05, 0) is 43.3 Å². The summed E-state index contributed by atoms with van der Waals surface area (Å²) in [7, 11) is 0. The van der Waals surface area contributed by atoms with Gasteiger partial charge in [0.2, 0.25) is 0 Å². The second-order valence-corrected chi connectivity index (χ2v) is 7.16. The number of fused-ring (bicyclic) bond motifs is 1. The maximum absolute atomic E-state index is 11.7. The van der Waals surface area contributed by atoms with Gasteiger partial charge in [-0.3, -0.25) is 4.90 Å². The Morgan fingerprint density at radius 2 is 2.06 bits per heavy atom. The number of rotatable bonds is 0. The number of hydrogen-bond donors (Lipinski definition) is 0. The lowest BCUT2D eigenvalue weighted by Gasteiger charge is -2.33. The van der Waals surface area contributed by atoms with Crippen molar-refractivity contribution in [2.45, 2.75) is 38.3 Å². The number of amides is 1. The molecular weight excluding hydrogens is 254 g/mol. The molecule has 0 N–H and O–H groups in total. The molecule has 0 unspecified atom stereocenters. The Hall–Kier alpha value is -0.290. The third-order valence-corrected chi connectivity index (χ3v) is 6.26. The number of carbonyl (C=O) groups is 1. The van der Waals surface area contributed by atoms with Crippen LogP contribution in [-0.4, -0.2) is 41.2 Å². The smallest absolute Gasteiger partial charge is 0.410 e. The molecule has 3 aliphatic rings. The molecular formula is C12H17NO2S2. The second-order valence-electron chi connectivity index (χ2n) is 4.69. The molecule has 3 saturated heterocycles. The first-order valence-electron chi connectivity index (χ1n) is 6.23. The van der Waals surface area contributed by atoms with E-state index in [0.29, 0.717) is 0 Å². The van der Waals surface area contributed by atoms with Gasteiger partial charge in [0.25, 0.3) is 0 Å². The third-order valence-electron chi connectivity index (χ3n) is 3.52. The highest BCUT2D eigenvalue weighted by molar-refractivity contribution is 8.22. The second kappa shape index (κ2) is 4.76. The van der Waals surface area contributed by atoms with Crippen molar-refractivity contribution < 1.29 is 9.53 Å². The molecule has 0 saturated carbocycles. The zero-order chi connectivity index (χ0) is 11.8. The number of ether oxygens (including phenoxy) is 1. The van der Waals surface area contributed by atoms with Crippen LogP contribution < -0.4 is 0 Å². The first-order valence-corrected chi connectivity index (χ1v) is 8.20. The van der Waals surface area contributed by atoms with E-state index in [1.165, 1.54) is 27.7 Å². The van der Waals surface area contributed by atoms with Crippen LogP contribution in [0.1, 0.15) is 26.2 Å². The Bertz CT molecular complexity index is 362. The minimum absolute atomic E-state index is 0.0217. The Balaban J connectivity index is 1.91. The van der Waals surface area contributed by atoms with Gasteiger partial charge in [0.05, 0.1) is 6.04 Å². The highest BCUT2D eigenvalue weighted by Crippen LogP contribution is 2.43. The van der Waals surface area contributed by atoms with E-state index >= 15 is 0 Å². The molecule has 0 radical (unpaired) electrons. The lowest BCUT2D eigenvalue weighted by molar-refractivity contribution is 0.138. The summed E-state index contributed by atoms with van der Waals surface area (Å²) in [6, 6.07) is 0.212. The van der Waals surface area contributed by atoms with E-state index in [0.717, 1.165) is 19.4 Å². The predicted octanol–water partition coefficient (Wildman–Crippen LogP) is 3.07. The van der Waals surface area contributed by atoms with Crippen LogP contribution >= 0.6 is 23.5 Å². The van der Waals surface area contributed by atoms with Crippen molar-refractivity contribution in [2.24, 2.45) is 0 Å². The van der Waals surface area contributed by atoms with Crippen molar-refractivity contribution in [1.82, 2.24) is 4.90 Å². The number of carbonyl (C=O) groups excluding carboxylic acids is 1. The number of piperidine rings is 1. The highest BCUT2D eigenvalue weighted by Gasteiger charge is 2.44. The van der Waals surface area contributed by atoms with Crippen LogP contribution in [0.2, 0.25) is 0 Å². The molecule has 1 amide bonds. The van der Waals surface area contributed by atoms with Crippen molar-refractivity contribution in [1.29, 1.82) is 0 Å². The quantitative estimate of drug-likeness (QED) is 0.677. The van der Waals surface area contributed by atoms with E-state index < -0.39 is 0 Å². The molecule has 0 aromatic rings. The Kier molecular flexibility index (Phi) is 3.30. The predicted molar refractivity (Wildman–Crippen MR) is 72.2 cm³/mol. The molecule has 0 aliphatic carbocycles. The number of hydrogen-bond acceptors (Lipinski definition) is 4. The van der Waals surface area contributed by atoms with Gasteiger partial charge in [0.15, 0.2) is 0 Å². The summed E-state index contributed by atoms with van der Waals surface area (Å²) in [4.78, 5) is 13.6. The van der Waals surface area contributed by atoms with E-state index in [9.17, 15) is 4.79 Å². The van der Waals surface area contributed by atoms with Gasteiger partial charge in [0, 0.05) is 10.8 Å². The van der Waals surface area contributed by atoms with Crippen LogP contribution in [0, 0.1) is 0 Å². The molecule has 2 atom stereocenters. The van der Waals surface area contributed by atoms with E-state index in [1.54, 1.807) is 0 Å². The van der Waals surface area contributed by atoms with Gasteiger partial charge in [-0.15, -0.1) is 23.5 Å². The van der Waals surface area contributed by atoms with Crippen molar-refractivity contribution in [2.75, 3.05) is 18.1 Å². The third kappa shape index (κ3) is 2.08. The van der Waals surface area contributed by atoms with Crippen LogP contribution in [0.5, 0.6) is 0 Å². The van der Waals surface area contributed by atoms with Gasteiger partial charge >= 0.3 is 6.09 Å². The zero-order valence-electron chi connectivity index (χ0n) is 9.98. The first-order chi connectivity index (χ1) is 8.27. The van der Waals surface area contributed by atoms with E-state index in [-0.39, 0.29) is 18.2 Å². The fraction of sp³-hybridized carbons (Fsp3) is 0.750. The van der Waals surface area contributed by atoms with Crippen LogP contribution in [0.25, 0.3) is 0 Å². The largest absolute Gasteiger partial charge is 0.444 e. The summed E-state index contributed by atoms with van der Waals surface area (Å²) >= 11 is 3.94. The normalized spacial score (nSPS) is 33.7. The van der Waals surface area contributed by atoms with Crippen LogP contribution in [0.4, 0.5) is 4.79 Å². The molecule has 0 spiro atoms. The number of thioether (sulfide) groups is 2. The molecule has 0 aromatic carbocycles. The first kappa shape index (κ1) is 11.8. The summed E-state index contributed by atoms with van der Waals surface area (Å²) in [5, 5.41) is 0. The molecule has 17 heavy (non-hydrogen) atoms. The molecule has 3 aliphatic heterocycles. The zero-order valence-corrected chi connectivity index (χ0v) is 11.6. The van der Waals surface area contributed by atoms with Crippen LogP contribution in [0.15, 0.2) is 9.81 Å². The summed E-state index contributed by atoms with van der Waals surface area (Å²) in [5.74, 6) is 2.45. The maximum Gasteiger partial charge on any atom is 0.410 e. The molecule has 3 fully saturated rings. The van der Waals surface area contributed by atoms with Gasteiger partial charge < -0.3 is 4.74 Å². The summed E-state index contributed by atoms with van der Waals surface area (Å²) in [6.45, 7) is 2.88. The lowest BCUT2D eigenvalue weighted by atomic mass is 9.95. The number of cyclic esters (lactones) is 1. The highest BCUT2D eigenvalue weighted by atomic mass is 32.2. The average molecular weight is 271 g/mol. The molecule has 5 heteroatoms. The summed E-state index contributed by atoms with van der Waals surface area (Å²) in [5.41, 5.74) is 1.46. The SMILES string of the molecule is C[C@@H]1OC(=O)N2CCCC(=C3SCCCS3)[C@@H]12. The summed E-state index contributed by atoms with van der Waals surface area (Å²) < 4.78 is 6.83. The van der Waals surface area contributed by atoms with E-state index in [1.807, 2.05) is 35.3 Å². The lowest BCUT2D eigenvalue weighted by Crippen LogP contribution is -2.41. The Morgan fingerprint density at radius 3 is 2.82 bits per heavy atom. The molecule has 94 valence electrons. The van der Waals surface area contributed by atoms with Gasteiger partial charge in [-0.2, -0.15) is 0 Å². The van der Waals surface area contributed by atoms with Crippen LogP contribution in [-0.2, 0) is 4.74 Å². The van der Waals surface area contributed by atoms with Crippen molar-refractivity contribution in [3.05, 3.63) is 9.81 Å². The fourth-order valence-electron chi connectivity index (χ4n) is 2.79. The Morgan fingerprint density at radius 1 is 1.29 bits per heavy atom. The van der Waals surface area contributed by atoms with Gasteiger partial charge in [0.1, 0.15) is 6.10 Å². The molecule has 3 rings (SSSR count). The van der Waals surface area contributed by atoms with Crippen molar-refractivity contribution >= 4 is 29.6 Å².